The zero-order chi connectivity index (χ0) is 29.9. The van der Waals surface area contributed by atoms with Gasteiger partial charge in [0.15, 0.2) is 0 Å². The number of rotatable bonds is 5. The number of amides is 1. The number of hydrogen-bond donors (Lipinski definition) is 0. The average Bonchev–Trinajstić information content (AvgIpc) is 2.88. The van der Waals surface area contributed by atoms with Crippen molar-refractivity contribution in [3.63, 3.8) is 0 Å². The van der Waals surface area contributed by atoms with Crippen LogP contribution in [0.25, 0.3) is 0 Å². The predicted molar refractivity (Wildman–Crippen MR) is 138 cm³/mol. The van der Waals surface area contributed by atoms with Gasteiger partial charge >= 0.3 is 29.0 Å². The minimum atomic E-state index is -2.01. The Morgan fingerprint density at radius 2 is 1.47 bits per heavy atom. The molecule has 0 aliphatic heterocycles. The molecule has 6 nitrogen and oxygen atoms in total. The normalized spacial score (nSPS) is 21.5. The molecule has 0 bridgehead atoms. The van der Waals surface area contributed by atoms with Crippen molar-refractivity contribution in [1.82, 2.24) is 5.06 Å². The van der Waals surface area contributed by atoms with Gasteiger partial charge in [0.05, 0.1) is 19.6 Å². The quantitative estimate of drug-likeness (QED) is 0.183. The van der Waals surface area contributed by atoms with Gasteiger partial charge in [0.2, 0.25) is 5.91 Å². The summed E-state index contributed by atoms with van der Waals surface area (Å²) in [4.78, 5) is 27.9. The smallest absolute Gasteiger partial charge is 1.00 e. The molecule has 0 radical (unpaired) electrons. The Balaban J connectivity index is -0.000000253. The van der Waals surface area contributed by atoms with Gasteiger partial charge in [-0.25, -0.2) is 5.06 Å². The van der Waals surface area contributed by atoms with E-state index in [9.17, 15) is 9.59 Å². The van der Waals surface area contributed by atoms with E-state index in [2.05, 4.69) is 4.74 Å². The first-order valence-electron chi connectivity index (χ1n) is 14.2. The van der Waals surface area contributed by atoms with Crippen LogP contribution < -0.4 is 12.4 Å². The zero-order valence-electron chi connectivity index (χ0n) is 28.1. The number of esters is 1. The van der Waals surface area contributed by atoms with Crippen molar-refractivity contribution in [1.29, 1.82) is 0 Å². The average molecular weight is 520 g/mol. The molecule has 2 rings (SSSR count). The van der Waals surface area contributed by atoms with Crippen molar-refractivity contribution in [2.24, 2.45) is 11.8 Å². The number of ether oxygens (including phenoxy) is 2. The van der Waals surface area contributed by atoms with Crippen molar-refractivity contribution in [3.05, 3.63) is 29.7 Å². The van der Waals surface area contributed by atoms with E-state index in [4.69, 9.17) is 17.8 Å². The van der Waals surface area contributed by atoms with E-state index in [1.807, 2.05) is 27.2 Å². The molecule has 2 atom stereocenters. The summed E-state index contributed by atoms with van der Waals surface area (Å²) in [5.41, 5.74) is 0.944. The molecule has 2 aliphatic carbocycles. The number of hydroxylamine groups is 2. The third-order valence-corrected chi connectivity index (χ3v) is 4.66. The SMILES string of the molecule is CCOC.C[CH-]C.[2H]C([2H])([2H])C1=CCC(C(=O)N(C)OC)CC1.[2H]C([2H])([2H])C1=CCC(C(=O)OCC)CC1.[Cl-].[Mg+2]. The Kier molecular flexibility index (Phi) is 22.2. The molecule has 0 saturated heterocycles. The molecule has 0 heterocycles. The Morgan fingerprint density at radius 3 is 1.76 bits per heavy atom. The van der Waals surface area contributed by atoms with E-state index >= 15 is 0 Å². The van der Waals surface area contributed by atoms with E-state index in [1.165, 1.54) is 12.2 Å². The third kappa shape index (κ3) is 20.7. The summed E-state index contributed by atoms with van der Waals surface area (Å²) < 4.78 is 52.9. The molecule has 2 unspecified atom stereocenters. The molecule has 0 N–H and O–H groups in total. The molecule has 2 aliphatic rings. The fourth-order valence-corrected chi connectivity index (χ4v) is 2.71. The van der Waals surface area contributed by atoms with Crippen LogP contribution in [0.1, 0.15) is 88.1 Å². The minimum Gasteiger partial charge on any atom is -1.00 e. The fourth-order valence-electron chi connectivity index (χ4n) is 2.71. The first-order chi connectivity index (χ1) is 17.6. The van der Waals surface area contributed by atoms with Gasteiger partial charge in [-0.1, -0.05) is 23.3 Å². The third-order valence-electron chi connectivity index (χ3n) is 4.66. The first kappa shape index (κ1) is 28.0. The number of allylic oxidation sites excluding steroid dienone is 4. The molecular weight excluding hydrogens is 466 g/mol. The summed E-state index contributed by atoms with van der Waals surface area (Å²) in [6.07, 6.45) is 8.41. The van der Waals surface area contributed by atoms with Crippen molar-refractivity contribution in [3.8, 4) is 0 Å². The van der Waals surface area contributed by atoms with Crippen molar-refractivity contribution >= 4 is 34.9 Å². The van der Waals surface area contributed by atoms with Crippen LogP contribution in [0, 0.1) is 18.3 Å². The molecule has 34 heavy (non-hydrogen) atoms. The zero-order valence-corrected chi connectivity index (χ0v) is 24.3. The maximum Gasteiger partial charge on any atom is 2.00 e. The van der Waals surface area contributed by atoms with Gasteiger partial charge in [-0.2, -0.15) is 13.8 Å². The second-order valence-corrected chi connectivity index (χ2v) is 7.33. The summed E-state index contributed by atoms with van der Waals surface area (Å²) in [5, 5.41) is 1.19. The van der Waals surface area contributed by atoms with E-state index in [0.717, 1.165) is 6.61 Å². The number of methoxy groups -OCH3 is 1. The molecule has 0 spiro atoms. The first-order valence-corrected chi connectivity index (χ1v) is 11.2. The Hall–Kier alpha value is -0.604. The van der Waals surface area contributed by atoms with Gasteiger partial charge in [0, 0.05) is 34.9 Å². The van der Waals surface area contributed by atoms with Gasteiger partial charge in [0.25, 0.3) is 0 Å². The Bertz CT molecular complexity index is 746. The van der Waals surface area contributed by atoms with Crippen LogP contribution >= 0.6 is 0 Å². The van der Waals surface area contributed by atoms with E-state index < -0.39 is 13.7 Å². The van der Waals surface area contributed by atoms with Crippen LogP contribution in [0.4, 0.5) is 0 Å². The van der Waals surface area contributed by atoms with E-state index in [0.29, 0.717) is 56.3 Å². The fraction of sp³-hybridized carbons (Fsp3) is 0.731. The standard InChI is InChI=1S/C10H17NO2.C10H16O2.C3H8O.C3H7.ClH.Mg/c1-8-4-6-9(7-5-8)10(12)11(2)13-3;1-3-12-10(11)9-6-4-8(2)5-7-9;1-3-4-2;1-3-2;;/h4,9H,5-7H2,1-3H3;4,9H,3,5-7H2,1-2H3;3H2,1-2H3;3H,1-2H3;1H;/q;;;-1;;+2/p-1/i1D3;2D3;;;;. The minimum absolute atomic E-state index is 0. The number of carbonyl (C=O) groups excluding carboxylic acids is 2. The number of halogens is 1. The Morgan fingerprint density at radius 1 is 1.03 bits per heavy atom. The number of carbonyl (C=O) groups is 2. The molecule has 0 aromatic carbocycles. The molecule has 0 fully saturated rings. The second-order valence-electron chi connectivity index (χ2n) is 7.33. The van der Waals surface area contributed by atoms with Crippen LogP contribution in [0.15, 0.2) is 23.3 Å². The largest absolute Gasteiger partial charge is 2.00 e. The second kappa shape index (κ2) is 27.0. The molecule has 196 valence electrons. The summed E-state index contributed by atoms with van der Waals surface area (Å²) in [6, 6.07) is 0. The number of hydrogen-bond acceptors (Lipinski definition) is 5. The maximum atomic E-state index is 11.7. The van der Waals surface area contributed by atoms with Gasteiger partial charge < -0.3 is 28.3 Å². The molecule has 0 aromatic rings. The summed E-state index contributed by atoms with van der Waals surface area (Å²) >= 11 is 0. The summed E-state index contributed by atoms with van der Waals surface area (Å²) in [6.45, 7) is 4.91. The van der Waals surface area contributed by atoms with Gasteiger partial charge in [0.1, 0.15) is 0 Å². The Labute approximate surface area is 240 Å². The maximum absolute atomic E-state index is 11.7. The van der Waals surface area contributed by atoms with Crippen LogP contribution in [0.2, 0.25) is 0 Å². The van der Waals surface area contributed by atoms with Gasteiger partial charge in [-0.05, 0) is 66.1 Å². The summed E-state index contributed by atoms with van der Waals surface area (Å²) in [7, 11) is 4.68. The van der Waals surface area contributed by atoms with Gasteiger partial charge in [-0.15, -0.1) is 0 Å². The van der Waals surface area contributed by atoms with Crippen LogP contribution in [-0.2, 0) is 23.9 Å². The topological polar surface area (TPSA) is 65.1 Å². The molecular formula is C26H48ClMgNO5. The molecule has 8 heteroatoms. The van der Waals surface area contributed by atoms with Crippen molar-refractivity contribution in [2.45, 2.75) is 79.9 Å². The van der Waals surface area contributed by atoms with Crippen molar-refractivity contribution < 1.29 is 44.5 Å². The van der Waals surface area contributed by atoms with E-state index in [-0.39, 0.29) is 59.2 Å². The molecule has 1 amide bonds. The van der Waals surface area contributed by atoms with Crippen LogP contribution in [-0.4, -0.2) is 74.5 Å². The van der Waals surface area contributed by atoms with Crippen LogP contribution in [0.3, 0.4) is 0 Å². The molecule has 0 aromatic heterocycles. The molecule has 0 saturated carbocycles. The monoisotopic (exact) mass is 519 g/mol. The van der Waals surface area contributed by atoms with E-state index in [1.54, 1.807) is 33.2 Å². The van der Waals surface area contributed by atoms with Crippen LogP contribution in [0.5, 0.6) is 0 Å². The van der Waals surface area contributed by atoms with Gasteiger partial charge in [-0.3, -0.25) is 14.4 Å². The number of nitrogens with zero attached hydrogens (tertiary/aromatic N) is 1. The summed E-state index contributed by atoms with van der Waals surface area (Å²) in [5.74, 6) is -0.617. The van der Waals surface area contributed by atoms with Crippen molar-refractivity contribution in [2.75, 3.05) is 34.5 Å². The predicted octanol–water partition coefficient (Wildman–Crippen LogP) is 2.55.